The Morgan fingerprint density at radius 3 is 1.48 bits per heavy atom. The van der Waals surface area contributed by atoms with Gasteiger partial charge in [0.2, 0.25) is 0 Å². The van der Waals surface area contributed by atoms with E-state index in [1.54, 1.807) is 13.8 Å². The zero-order valence-electron chi connectivity index (χ0n) is 15.6. The average molecular weight is 328 g/mol. The summed E-state index contributed by atoms with van der Waals surface area (Å²) in [5.74, 6) is -0.970. The Hall–Kier alpha value is -1.06. The predicted octanol–water partition coefficient (Wildman–Crippen LogP) is 5.04. The summed E-state index contributed by atoms with van der Waals surface area (Å²) in [6.45, 7) is 8.20. The molecular formula is C19H36O4. The summed E-state index contributed by atoms with van der Waals surface area (Å²) in [4.78, 5) is 24.0. The van der Waals surface area contributed by atoms with Crippen molar-refractivity contribution < 1.29 is 19.1 Å². The first-order valence-corrected chi connectivity index (χ1v) is 9.31. The Morgan fingerprint density at radius 2 is 1.00 bits per heavy atom. The van der Waals surface area contributed by atoms with Gasteiger partial charge in [-0.05, 0) is 26.7 Å². The van der Waals surface area contributed by atoms with Gasteiger partial charge in [-0.2, -0.15) is 0 Å². The van der Waals surface area contributed by atoms with Crippen LogP contribution in [0.3, 0.4) is 0 Å². The number of carbonyl (C=O) groups is 2. The van der Waals surface area contributed by atoms with Gasteiger partial charge in [0.25, 0.3) is 0 Å². The van der Waals surface area contributed by atoms with E-state index in [0.29, 0.717) is 13.2 Å². The van der Waals surface area contributed by atoms with E-state index >= 15 is 0 Å². The number of unbranched alkanes of at least 4 members (excludes halogenated alkanes) is 8. The van der Waals surface area contributed by atoms with Gasteiger partial charge < -0.3 is 9.47 Å². The fraction of sp³-hybridized carbons (Fsp3) is 0.895. The van der Waals surface area contributed by atoms with Crippen LogP contribution in [-0.2, 0) is 19.1 Å². The quantitative estimate of drug-likeness (QED) is 0.255. The Bertz CT molecular complexity index is 323. The van der Waals surface area contributed by atoms with E-state index in [4.69, 9.17) is 9.47 Å². The summed E-state index contributed by atoms with van der Waals surface area (Å²) in [5, 5.41) is 0. The number of hydrogen-bond acceptors (Lipinski definition) is 4. The molecule has 0 amide bonds. The second kappa shape index (κ2) is 13.4. The van der Waals surface area contributed by atoms with Crippen LogP contribution in [0.25, 0.3) is 0 Å². The van der Waals surface area contributed by atoms with Crippen LogP contribution in [0, 0.1) is 5.41 Å². The lowest BCUT2D eigenvalue weighted by molar-refractivity contribution is -0.169. The van der Waals surface area contributed by atoms with Crippen molar-refractivity contribution in [2.24, 2.45) is 5.41 Å². The minimum Gasteiger partial charge on any atom is -0.465 e. The third kappa shape index (κ3) is 10.4. The van der Waals surface area contributed by atoms with E-state index < -0.39 is 17.4 Å². The van der Waals surface area contributed by atoms with Crippen molar-refractivity contribution in [3.8, 4) is 0 Å². The Morgan fingerprint density at radius 1 is 0.652 bits per heavy atom. The number of carbonyl (C=O) groups excluding carboxylic acids is 2. The van der Waals surface area contributed by atoms with Gasteiger partial charge in [-0.1, -0.05) is 65.2 Å². The maximum atomic E-state index is 12.0. The highest BCUT2D eigenvalue weighted by molar-refractivity contribution is 5.99. The molecule has 0 atom stereocenters. The maximum absolute atomic E-state index is 12.0. The smallest absolute Gasteiger partial charge is 0.322 e. The summed E-state index contributed by atoms with van der Waals surface area (Å²) in [6.07, 6.45) is 11.1. The lowest BCUT2D eigenvalue weighted by Gasteiger charge is -2.20. The molecule has 0 aromatic carbocycles. The first kappa shape index (κ1) is 21.9. The third-order valence-corrected chi connectivity index (χ3v) is 3.98. The first-order valence-electron chi connectivity index (χ1n) is 9.31. The molecule has 4 heteroatoms. The Kier molecular flexibility index (Phi) is 12.8. The fourth-order valence-electron chi connectivity index (χ4n) is 2.19. The monoisotopic (exact) mass is 328 g/mol. The minimum absolute atomic E-state index is 0.376. The van der Waals surface area contributed by atoms with Gasteiger partial charge in [-0.15, -0.1) is 0 Å². The summed E-state index contributed by atoms with van der Waals surface area (Å²) in [5.41, 5.74) is -1.21. The van der Waals surface area contributed by atoms with E-state index in [0.717, 1.165) is 32.1 Å². The molecule has 136 valence electrons. The van der Waals surface area contributed by atoms with E-state index in [1.165, 1.54) is 32.1 Å². The number of hydrogen-bond donors (Lipinski definition) is 0. The molecular weight excluding hydrogens is 292 g/mol. The molecule has 0 aliphatic carbocycles. The molecule has 0 aliphatic heterocycles. The highest BCUT2D eigenvalue weighted by atomic mass is 16.6. The molecule has 0 N–H and O–H groups in total. The van der Waals surface area contributed by atoms with Crippen molar-refractivity contribution in [3.05, 3.63) is 0 Å². The Balaban J connectivity index is 3.83. The third-order valence-electron chi connectivity index (χ3n) is 3.98. The molecule has 0 aromatic rings. The first-order chi connectivity index (χ1) is 11.0. The zero-order valence-corrected chi connectivity index (χ0v) is 15.6. The van der Waals surface area contributed by atoms with Gasteiger partial charge in [0.15, 0.2) is 5.41 Å². The van der Waals surface area contributed by atoms with Crippen molar-refractivity contribution in [3.63, 3.8) is 0 Å². The van der Waals surface area contributed by atoms with E-state index in [-0.39, 0.29) is 0 Å². The zero-order chi connectivity index (χ0) is 17.6. The molecule has 0 aliphatic rings. The van der Waals surface area contributed by atoms with Gasteiger partial charge in [0, 0.05) is 0 Å². The SMILES string of the molecule is CCCCCCCCCOC(=O)C(C)(C)C(=O)OCCCCC. The van der Waals surface area contributed by atoms with Crippen molar-refractivity contribution in [2.45, 2.75) is 91.9 Å². The highest BCUT2D eigenvalue weighted by Crippen LogP contribution is 2.20. The molecule has 0 saturated heterocycles. The lowest BCUT2D eigenvalue weighted by Crippen LogP contribution is -2.37. The minimum atomic E-state index is -1.21. The van der Waals surface area contributed by atoms with Gasteiger partial charge in [-0.25, -0.2) is 0 Å². The van der Waals surface area contributed by atoms with Crippen molar-refractivity contribution in [1.82, 2.24) is 0 Å². The van der Waals surface area contributed by atoms with Crippen molar-refractivity contribution in [2.75, 3.05) is 13.2 Å². The van der Waals surface area contributed by atoms with Crippen LogP contribution in [0.1, 0.15) is 91.9 Å². The summed E-state index contributed by atoms with van der Waals surface area (Å²) in [7, 11) is 0. The molecule has 23 heavy (non-hydrogen) atoms. The van der Waals surface area contributed by atoms with Crippen LogP contribution >= 0.6 is 0 Å². The molecule has 0 aromatic heterocycles. The molecule has 0 saturated carbocycles. The lowest BCUT2D eigenvalue weighted by atomic mass is 9.94. The molecule has 0 spiro atoms. The summed E-state index contributed by atoms with van der Waals surface area (Å²) in [6, 6.07) is 0. The summed E-state index contributed by atoms with van der Waals surface area (Å²) < 4.78 is 10.4. The van der Waals surface area contributed by atoms with Gasteiger partial charge >= 0.3 is 11.9 Å². The molecule has 0 radical (unpaired) electrons. The molecule has 0 rings (SSSR count). The molecule has 4 nitrogen and oxygen atoms in total. The molecule has 0 unspecified atom stereocenters. The van der Waals surface area contributed by atoms with Gasteiger partial charge in [0.05, 0.1) is 13.2 Å². The topological polar surface area (TPSA) is 52.6 Å². The van der Waals surface area contributed by atoms with E-state index in [9.17, 15) is 9.59 Å². The van der Waals surface area contributed by atoms with Gasteiger partial charge in [-0.3, -0.25) is 9.59 Å². The molecule has 0 heterocycles. The number of esters is 2. The normalized spacial score (nSPS) is 11.3. The van der Waals surface area contributed by atoms with Crippen LogP contribution in [0.4, 0.5) is 0 Å². The molecule has 0 bridgehead atoms. The predicted molar refractivity (Wildman–Crippen MR) is 93.2 cm³/mol. The standard InChI is InChI=1S/C19H36O4/c1-5-7-9-10-11-12-14-16-23-18(21)19(3,4)17(20)22-15-13-8-6-2/h5-16H2,1-4H3. The van der Waals surface area contributed by atoms with E-state index in [2.05, 4.69) is 13.8 Å². The van der Waals surface area contributed by atoms with E-state index in [1.807, 2.05) is 0 Å². The maximum Gasteiger partial charge on any atom is 0.322 e. The largest absolute Gasteiger partial charge is 0.465 e. The number of rotatable bonds is 14. The second-order valence-electron chi connectivity index (χ2n) is 6.73. The average Bonchev–Trinajstić information content (AvgIpc) is 2.53. The van der Waals surface area contributed by atoms with Crippen LogP contribution in [0.15, 0.2) is 0 Å². The molecule has 0 fully saturated rings. The van der Waals surface area contributed by atoms with Crippen LogP contribution in [0.2, 0.25) is 0 Å². The Labute approximate surface area is 142 Å². The fourth-order valence-corrected chi connectivity index (χ4v) is 2.19. The number of ether oxygens (including phenoxy) is 2. The van der Waals surface area contributed by atoms with Crippen molar-refractivity contribution >= 4 is 11.9 Å². The van der Waals surface area contributed by atoms with Gasteiger partial charge in [0.1, 0.15) is 0 Å². The van der Waals surface area contributed by atoms with Crippen LogP contribution in [0.5, 0.6) is 0 Å². The van der Waals surface area contributed by atoms with Crippen molar-refractivity contribution in [1.29, 1.82) is 0 Å². The van der Waals surface area contributed by atoms with Crippen LogP contribution < -0.4 is 0 Å². The summed E-state index contributed by atoms with van der Waals surface area (Å²) >= 11 is 0. The highest BCUT2D eigenvalue weighted by Gasteiger charge is 2.39. The second-order valence-corrected chi connectivity index (χ2v) is 6.73. The van der Waals surface area contributed by atoms with Crippen LogP contribution in [-0.4, -0.2) is 25.2 Å².